The van der Waals surface area contributed by atoms with E-state index in [0.29, 0.717) is 12.8 Å². The lowest BCUT2D eigenvalue weighted by Crippen LogP contribution is -2.19. The molecule has 0 heterocycles. The average molecular weight is 260 g/mol. The molecule has 100 valence electrons. The molecule has 1 aromatic carbocycles. The van der Waals surface area contributed by atoms with Crippen LogP contribution in [0.5, 0.6) is 0 Å². The number of ether oxygens (including phenoxy) is 1. The monoisotopic (exact) mass is 260 g/mol. The highest BCUT2D eigenvalue weighted by molar-refractivity contribution is 5.34. The van der Waals surface area contributed by atoms with Gasteiger partial charge in [0.15, 0.2) is 0 Å². The second-order valence-electron chi connectivity index (χ2n) is 4.56. The van der Waals surface area contributed by atoms with Crippen molar-refractivity contribution in [2.75, 3.05) is 13.2 Å². The highest BCUT2D eigenvalue weighted by Crippen LogP contribution is 2.37. The largest absolute Gasteiger partial charge is 0.411 e. The number of alkyl halides is 3. The van der Waals surface area contributed by atoms with Gasteiger partial charge in [0, 0.05) is 6.61 Å². The van der Waals surface area contributed by atoms with Gasteiger partial charge >= 0.3 is 6.18 Å². The Bertz CT molecular complexity index is 403. The molecule has 0 radical (unpaired) electrons. The van der Waals surface area contributed by atoms with Gasteiger partial charge in [-0.25, -0.2) is 0 Å². The van der Waals surface area contributed by atoms with E-state index in [1.54, 1.807) is 0 Å². The van der Waals surface area contributed by atoms with Crippen molar-refractivity contribution in [2.45, 2.75) is 25.1 Å². The fraction of sp³-hybridized carbons (Fsp3) is 0.538. The third-order valence-electron chi connectivity index (χ3n) is 3.20. The summed E-state index contributed by atoms with van der Waals surface area (Å²) in [4.78, 5) is 0. The lowest BCUT2D eigenvalue weighted by molar-refractivity contribution is -0.174. The van der Waals surface area contributed by atoms with E-state index in [1.165, 1.54) is 0 Å². The molecule has 1 aliphatic rings. The van der Waals surface area contributed by atoms with Crippen LogP contribution >= 0.6 is 0 Å². The van der Waals surface area contributed by atoms with Crippen molar-refractivity contribution in [2.24, 2.45) is 5.92 Å². The Kier molecular flexibility index (Phi) is 3.92. The van der Waals surface area contributed by atoms with Crippen molar-refractivity contribution in [3.05, 3.63) is 35.4 Å². The molecule has 1 N–H and O–H groups in total. The van der Waals surface area contributed by atoms with Crippen molar-refractivity contribution in [1.29, 1.82) is 0 Å². The molecule has 18 heavy (non-hydrogen) atoms. The minimum Gasteiger partial charge on any atom is -0.388 e. The number of rotatable bonds is 4. The summed E-state index contributed by atoms with van der Waals surface area (Å²) in [5.74, 6) is -0.0457. The molecule has 0 saturated heterocycles. The Hall–Kier alpha value is -1.07. The minimum absolute atomic E-state index is 0.0230. The molecule has 0 aromatic heterocycles. The van der Waals surface area contributed by atoms with Gasteiger partial charge in [-0.1, -0.05) is 24.3 Å². The molecule has 0 amide bonds. The SMILES string of the molecule is OC1c2ccccc2CC1CCOCC(F)(F)F. The molecule has 1 aliphatic carbocycles. The lowest BCUT2D eigenvalue weighted by atomic mass is 10.0. The summed E-state index contributed by atoms with van der Waals surface area (Å²) < 4.78 is 40.2. The van der Waals surface area contributed by atoms with Gasteiger partial charge in [-0.15, -0.1) is 0 Å². The molecule has 0 fully saturated rings. The predicted molar refractivity (Wildman–Crippen MR) is 60.1 cm³/mol. The van der Waals surface area contributed by atoms with E-state index in [1.807, 2.05) is 24.3 Å². The van der Waals surface area contributed by atoms with E-state index in [-0.39, 0.29) is 12.5 Å². The molecule has 2 unspecified atom stereocenters. The maximum absolute atomic E-state index is 11.9. The quantitative estimate of drug-likeness (QED) is 0.843. The van der Waals surface area contributed by atoms with Crippen LogP contribution in [0.4, 0.5) is 13.2 Å². The third kappa shape index (κ3) is 3.23. The third-order valence-corrected chi connectivity index (χ3v) is 3.20. The summed E-state index contributed by atoms with van der Waals surface area (Å²) >= 11 is 0. The summed E-state index contributed by atoms with van der Waals surface area (Å²) in [6, 6.07) is 7.55. The summed E-state index contributed by atoms with van der Waals surface area (Å²) in [5.41, 5.74) is 1.96. The normalized spacial score (nSPS) is 23.1. The molecule has 0 saturated carbocycles. The number of aliphatic hydroxyl groups is 1. The van der Waals surface area contributed by atoms with Crippen molar-refractivity contribution in [3.8, 4) is 0 Å². The fourth-order valence-corrected chi connectivity index (χ4v) is 2.34. The van der Waals surface area contributed by atoms with Crippen LogP contribution in [0.15, 0.2) is 24.3 Å². The first-order chi connectivity index (χ1) is 8.47. The zero-order valence-corrected chi connectivity index (χ0v) is 9.78. The topological polar surface area (TPSA) is 29.5 Å². The molecule has 0 bridgehead atoms. The van der Waals surface area contributed by atoms with E-state index in [9.17, 15) is 18.3 Å². The van der Waals surface area contributed by atoms with Crippen molar-refractivity contribution < 1.29 is 23.0 Å². The summed E-state index contributed by atoms with van der Waals surface area (Å²) in [5, 5.41) is 10.0. The molecule has 0 aliphatic heterocycles. The maximum atomic E-state index is 11.9. The van der Waals surface area contributed by atoms with Crippen LogP contribution < -0.4 is 0 Å². The van der Waals surface area contributed by atoms with Crippen LogP contribution in [0, 0.1) is 5.92 Å². The van der Waals surface area contributed by atoms with E-state index in [0.717, 1.165) is 11.1 Å². The van der Waals surface area contributed by atoms with E-state index in [2.05, 4.69) is 4.74 Å². The second kappa shape index (κ2) is 5.28. The number of fused-ring (bicyclic) bond motifs is 1. The first kappa shape index (κ1) is 13.4. The Morgan fingerprint density at radius 2 is 2.00 bits per heavy atom. The number of hydrogen-bond donors (Lipinski definition) is 1. The molecule has 0 spiro atoms. The van der Waals surface area contributed by atoms with Gasteiger partial charge in [-0.3, -0.25) is 0 Å². The molecule has 2 atom stereocenters. The maximum Gasteiger partial charge on any atom is 0.411 e. The van der Waals surface area contributed by atoms with Gasteiger partial charge in [0.1, 0.15) is 6.61 Å². The Balaban J connectivity index is 1.80. The molecular formula is C13H15F3O2. The van der Waals surface area contributed by atoms with Gasteiger partial charge in [0.05, 0.1) is 6.10 Å². The highest BCUT2D eigenvalue weighted by Gasteiger charge is 2.31. The Morgan fingerprint density at radius 3 is 2.67 bits per heavy atom. The zero-order chi connectivity index (χ0) is 13.2. The van der Waals surface area contributed by atoms with Crippen LogP contribution in [0.2, 0.25) is 0 Å². The van der Waals surface area contributed by atoms with Gasteiger partial charge in [0.2, 0.25) is 0 Å². The summed E-state index contributed by atoms with van der Waals surface area (Å²) in [7, 11) is 0. The van der Waals surface area contributed by atoms with E-state index < -0.39 is 18.9 Å². The van der Waals surface area contributed by atoms with Gasteiger partial charge in [0.25, 0.3) is 0 Å². The molecule has 2 rings (SSSR count). The van der Waals surface area contributed by atoms with Crippen LogP contribution in [-0.4, -0.2) is 24.5 Å². The number of aliphatic hydroxyl groups excluding tert-OH is 1. The molecular weight excluding hydrogens is 245 g/mol. The van der Waals surface area contributed by atoms with Gasteiger partial charge in [-0.2, -0.15) is 13.2 Å². The van der Waals surface area contributed by atoms with Crippen LogP contribution in [0.3, 0.4) is 0 Å². The second-order valence-corrected chi connectivity index (χ2v) is 4.56. The number of halogens is 3. The zero-order valence-electron chi connectivity index (χ0n) is 9.78. The van der Waals surface area contributed by atoms with Crippen LogP contribution in [0.25, 0.3) is 0 Å². The van der Waals surface area contributed by atoms with E-state index in [4.69, 9.17) is 0 Å². The first-order valence-electron chi connectivity index (χ1n) is 5.88. The molecule has 5 heteroatoms. The smallest absolute Gasteiger partial charge is 0.388 e. The van der Waals surface area contributed by atoms with Crippen molar-refractivity contribution in [1.82, 2.24) is 0 Å². The molecule has 2 nitrogen and oxygen atoms in total. The predicted octanol–water partition coefficient (Wildman–Crippen LogP) is 2.86. The number of benzene rings is 1. The number of hydrogen-bond acceptors (Lipinski definition) is 2. The first-order valence-corrected chi connectivity index (χ1v) is 5.88. The van der Waals surface area contributed by atoms with Crippen LogP contribution in [-0.2, 0) is 11.2 Å². The van der Waals surface area contributed by atoms with Gasteiger partial charge < -0.3 is 9.84 Å². The Morgan fingerprint density at radius 1 is 1.28 bits per heavy atom. The van der Waals surface area contributed by atoms with Crippen molar-refractivity contribution >= 4 is 0 Å². The highest BCUT2D eigenvalue weighted by atomic mass is 19.4. The lowest BCUT2D eigenvalue weighted by Gasteiger charge is -2.15. The average Bonchev–Trinajstić information content (AvgIpc) is 2.62. The Labute approximate surface area is 103 Å². The molecule has 1 aromatic rings. The van der Waals surface area contributed by atoms with Crippen LogP contribution in [0.1, 0.15) is 23.7 Å². The van der Waals surface area contributed by atoms with Gasteiger partial charge in [-0.05, 0) is 29.9 Å². The summed E-state index contributed by atoms with van der Waals surface area (Å²) in [6.07, 6.45) is -3.73. The summed E-state index contributed by atoms with van der Waals surface area (Å²) in [6.45, 7) is -1.20. The minimum atomic E-state index is -4.28. The fourth-order valence-electron chi connectivity index (χ4n) is 2.34. The van der Waals surface area contributed by atoms with E-state index >= 15 is 0 Å². The standard InChI is InChI=1S/C13H15F3O2/c14-13(15,16)8-18-6-5-10-7-9-3-1-2-4-11(9)12(10)17/h1-4,10,12,17H,5-8H2. The van der Waals surface area contributed by atoms with Crippen molar-refractivity contribution in [3.63, 3.8) is 0 Å².